The number of hydrogen-bond donors (Lipinski definition) is 3. The number of anilines is 1. The van der Waals surface area contributed by atoms with Crippen LogP contribution in [0.2, 0.25) is 0 Å². The van der Waals surface area contributed by atoms with E-state index in [4.69, 9.17) is 5.11 Å². The first-order chi connectivity index (χ1) is 9.02. The lowest BCUT2D eigenvalue weighted by molar-refractivity contribution is -0.141. The van der Waals surface area contributed by atoms with Crippen LogP contribution in [0.1, 0.15) is 25.8 Å². The second-order valence-corrected chi connectivity index (χ2v) is 4.46. The molecule has 0 saturated carbocycles. The van der Waals surface area contributed by atoms with Crippen LogP contribution in [0.4, 0.5) is 10.5 Å². The summed E-state index contributed by atoms with van der Waals surface area (Å²) in [4.78, 5) is 22.1. The third-order valence-corrected chi connectivity index (χ3v) is 2.90. The van der Waals surface area contributed by atoms with Crippen LogP contribution in [0.5, 0.6) is 0 Å². The summed E-state index contributed by atoms with van der Waals surface area (Å²) in [5, 5.41) is 14.0. The fourth-order valence-corrected chi connectivity index (χ4v) is 1.52. The standard InChI is InChI=1S/C14H20N2O3/c1-3-11-4-6-12(7-5-11)16-14(19)15-9-8-10(2)13(17)18/h4-7,10H,3,8-9H2,1-2H3,(H,17,18)(H2,15,16,19). The summed E-state index contributed by atoms with van der Waals surface area (Å²) >= 11 is 0. The van der Waals surface area contributed by atoms with E-state index in [1.165, 1.54) is 5.56 Å². The van der Waals surface area contributed by atoms with Gasteiger partial charge in [-0.3, -0.25) is 4.79 Å². The molecule has 104 valence electrons. The predicted molar refractivity (Wildman–Crippen MR) is 74.3 cm³/mol. The third-order valence-electron chi connectivity index (χ3n) is 2.90. The van der Waals surface area contributed by atoms with Gasteiger partial charge < -0.3 is 15.7 Å². The van der Waals surface area contributed by atoms with Crippen molar-refractivity contribution in [2.45, 2.75) is 26.7 Å². The van der Waals surface area contributed by atoms with Gasteiger partial charge in [-0.05, 0) is 30.5 Å². The maximum atomic E-state index is 11.5. The Kier molecular flexibility index (Phi) is 5.85. The maximum Gasteiger partial charge on any atom is 0.319 e. The predicted octanol–water partition coefficient (Wildman–Crippen LogP) is 2.48. The zero-order valence-corrected chi connectivity index (χ0v) is 11.3. The quantitative estimate of drug-likeness (QED) is 0.738. The van der Waals surface area contributed by atoms with Crippen LogP contribution in [0.3, 0.4) is 0 Å². The number of benzene rings is 1. The molecule has 0 aliphatic heterocycles. The van der Waals surface area contributed by atoms with Gasteiger partial charge in [0.15, 0.2) is 0 Å². The summed E-state index contributed by atoms with van der Waals surface area (Å²) < 4.78 is 0. The van der Waals surface area contributed by atoms with E-state index in [1.807, 2.05) is 24.3 Å². The molecule has 0 aliphatic rings. The highest BCUT2D eigenvalue weighted by Gasteiger charge is 2.10. The topological polar surface area (TPSA) is 78.4 Å². The molecule has 1 atom stereocenters. The molecule has 0 saturated heterocycles. The molecule has 0 aliphatic carbocycles. The van der Waals surface area contributed by atoms with Crippen molar-refractivity contribution in [2.75, 3.05) is 11.9 Å². The average Bonchev–Trinajstić information content (AvgIpc) is 2.39. The molecule has 0 radical (unpaired) electrons. The Morgan fingerprint density at radius 3 is 2.42 bits per heavy atom. The van der Waals surface area contributed by atoms with E-state index in [-0.39, 0.29) is 6.03 Å². The van der Waals surface area contributed by atoms with Gasteiger partial charge in [0.25, 0.3) is 0 Å². The summed E-state index contributed by atoms with van der Waals surface area (Å²) in [6.07, 6.45) is 1.37. The lowest BCUT2D eigenvalue weighted by Gasteiger charge is -2.09. The maximum absolute atomic E-state index is 11.5. The van der Waals surface area contributed by atoms with E-state index in [0.717, 1.165) is 12.1 Å². The summed E-state index contributed by atoms with van der Waals surface area (Å²) in [6, 6.07) is 7.29. The molecule has 0 aromatic heterocycles. The first-order valence-electron chi connectivity index (χ1n) is 6.39. The first kappa shape index (κ1) is 15.0. The second kappa shape index (κ2) is 7.41. The molecule has 1 aromatic carbocycles. The van der Waals surface area contributed by atoms with Crippen LogP contribution in [0.15, 0.2) is 24.3 Å². The molecule has 0 heterocycles. The lowest BCUT2D eigenvalue weighted by Crippen LogP contribution is -2.31. The Labute approximate surface area is 113 Å². The number of amides is 2. The van der Waals surface area contributed by atoms with Crippen molar-refractivity contribution in [1.29, 1.82) is 0 Å². The molecule has 0 fully saturated rings. The molecule has 1 rings (SSSR count). The summed E-state index contributed by atoms with van der Waals surface area (Å²) in [5.74, 6) is -1.30. The smallest absolute Gasteiger partial charge is 0.319 e. The summed E-state index contributed by atoms with van der Waals surface area (Å²) in [7, 11) is 0. The van der Waals surface area contributed by atoms with Crippen LogP contribution in [-0.4, -0.2) is 23.7 Å². The number of rotatable bonds is 6. The number of urea groups is 1. The number of aliphatic carboxylic acids is 1. The molecular formula is C14H20N2O3. The van der Waals surface area contributed by atoms with Crippen molar-refractivity contribution < 1.29 is 14.7 Å². The van der Waals surface area contributed by atoms with Crippen LogP contribution >= 0.6 is 0 Å². The second-order valence-electron chi connectivity index (χ2n) is 4.46. The first-order valence-corrected chi connectivity index (χ1v) is 6.39. The van der Waals surface area contributed by atoms with E-state index in [0.29, 0.717) is 13.0 Å². The van der Waals surface area contributed by atoms with Gasteiger partial charge in [0.2, 0.25) is 0 Å². The zero-order chi connectivity index (χ0) is 14.3. The summed E-state index contributed by atoms with van der Waals surface area (Å²) in [6.45, 7) is 4.02. The zero-order valence-electron chi connectivity index (χ0n) is 11.3. The summed E-state index contributed by atoms with van der Waals surface area (Å²) in [5.41, 5.74) is 1.93. The fraction of sp³-hybridized carbons (Fsp3) is 0.429. The normalized spacial score (nSPS) is 11.7. The van der Waals surface area contributed by atoms with Crippen molar-refractivity contribution in [2.24, 2.45) is 5.92 Å². The molecule has 1 aromatic rings. The van der Waals surface area contributed by atoms with Crippen LogP contribution in [0.25, 0.3) is 0 Å². The van der Waals surface area contributed by atoms with E-state index in [2.05, 4.69) is 17.6 Å². The molecule has 0 spiro atoms. The highest BCUT2D eigenvalue weighted by molar-refractivity contribution is 5.89. The van der Waals surface area contributed by atoms with Crippen molar-refractivity contribution >= 4 is 17.7 Å². The van der Waals surface area contributed by atoms with Gasteiger partial charge in [0.1, 0.15) is 0 Å². The van der Waals surface area contributed by atoms with Crippen molar-refractivity contribution in [3.63, 3.8) is 0 Å². The van der Waals surface area contributed by atoms with Gasteiger partial charge in [-0.1, -0.05) is 26.0 Å². The van der Waals surface area contributed by atoms with E-state index < -0.39 is 11.9 Å². The molecule has 19 heavy (non-hydrogen) atoms. The number of carbonyl (C=O) groups is 2. The molecule has 1 unspecified atom stereocenters. The Morgan fingerprint density at radius 1 is 1.26 bits per heavy atom. The minimum absolute atomic E-state index is 0.318. The fourth-order valence-electron chi connectivity index (χ4n) is 1.52. The Morgan fingerprint density at radius 2 is 1.89 bits per heavy atom. The highest BCUT2D eigenvalue weighted by atomic mass is 16.4. The third kappa shape index (κ3) is 5.42. The monoisotopic (exact) mass is 264 g/mol. The molecular weight excluding hydrogens is 244 g/mol. The number of hydrogen-bond acceptors (Lipinski definition) is 2. The minimum atomic E-state index is -0.850. The number of nitrogens with one attached hydrogen (secondary N) is 2. The largest absolute Gasteiger partial charge is 0.481 e. The van der Waals surface area contributed by atoms with Crippen LogP contribution < -0.4 is 10.6 Å². The molecule has 5 nitrogen and oxygen atoms in total. The minimum Gasteiger partial charge on any atom is -0.481 e. The van der Waals surface area contributed by atoms with E-state index in [1.54, 1.807) is 6.92 Å². The Bertz CT molecular complexity index is 429. The highest BCUT2D eigenvalue weighted by Crippen LogP contribution is 2.09. The van der Waals surface area contributed by atoms with Crippen molar-refractivity contribution in [3.8, 4) is 0 Å². The van der Waals surface area contributed by atoms with Gasteiger partial charge in [-0.2, -0.15) is 0 Å². The number of carbonyl (C=O) groups excluding carboxylic acids is 1. The Hall–Kier alpha value is -2.04. The van der Waals surface area contributed by atoms with Gasteiger partial charge in [-0.25, -0.2) is 4.79 Å². The van der Waals surface area contributed by atoms with E-state index in [9.17, 15) is 9.59 Å². The van der Waals surface area contributed by atoms with Gasteiger partial charge in [-0.15, -0.1) is 0 Å². The lowest BCUT2D eigenvalue weighted by atomic mass is 10.1. The number of aryl methyl sites for hydroxylation is 1. The average molecular weight is 264 g/mol. The van der Waals surface area contributed by atoms with E-state index >= 15 is 0 Å². The van der Waals surface area contributed by atoms with Gasteiger partial charge >= 0.3 is 12.0 Å². The molecule has 2 amide bonds. The molecule has 0 bridgehead atoms. The molecule has 3 N–H and O–H groups in total. The van der Waals surface area contributed by atoms with Crippen molar-refractivity contribution in [3.05, 3.63) is 29.8 Å². The Balaban J connectivity index is 2.32. The van der Waals surface area contributed by atoms with Gasteiger partial charge in [0.05, 0.1) is 5.92 Å². The number of carboxylic acids is 1. The van der Waals surface area contributed by atoms with Crippen LogP contribution in [-0.2, 0) is 11.2 Å². The van der Waals surface area contributed by atoms with Crippen LogP contribution in [0, 0.1) is 5.92 Å². The SMILES string of the molecule is CCc1ccc(NC(=O)NCCC(C)C(=O)O)cc1. The number of carboxylic acid groups (broad SMARTS) is 1. The van der Waals surface area contributed by atoms with Gasteiger partial charge in [0, 0.05) is 12.2 Å². The molecule has 5 heteroatoms. The van der Waals surface area contributed by atoms with Crippen molar-refractivity contribution in [1.82, 2.24) is 5.32 Å².